The topological polar surface area (TPSA) is 78.5 Å². The number of rotatable bonds is 1. The Balaban J connectivity index is 1.45. The molecule has 2 aliphatic carbocycles. The molecule has 4 amide bonds. The average Bonchev–Trinajstić information content (AvgIpc) is 2.78. The van der Waals surface area contributed by atoms with Crippen molar-refractivity contribution < 1.29 is 14.4 Å². The van der Waals surface area contributed by atoms with E-state index in [-0.39, 0.29) is 17.7 Å². The fraction of sp³-hybridized carbons (Fsp3) is 0.769. The maximum absolute atomic E-state index is 12.4. The molecule has 1 spiro atoms. The van der Waals surface area contributed by atoms with Crippen molar-refractivity contribution in [2.45, 2.75) is 31.2 Å². The predicted molar refractivity (Wildman–Crippen MR) is 64.9 cm³/mol. The van der Waals surface area contributed by atoms with Crippen molar-refractivity contribution in [3.05, 3.63) is 0 Å². The quantitative estimate of drug-likeness (QED) is 0.645. The van der Waals surface area contributed by atoms with E-state index in [1.54, 1.807) is 4.90 Å². The second kappa shape index (κ2) is 3.49. The summed E-state index contributed by atoms with van der Waals surface area (Å²) < 4.78 is 0. The Morgan fingerprint density at radius 3 is 2.58 bits per heavy atom. The van der Waals surface area contributed by atoms with E-state index < -0.39 is 11.6 Å². The van der Waals surface area contributed by atoms with E-state index in [4.69, 9.17) is 0 Å². The Morgan fingerprint density at radius 1 is 1.21 bits per heavy atom. The molecular formula is C13H17N3O3. The summed E-state index contributed by atoms with van der Waals surface area (Å²) in [7, 11) is 0. The minimum atomic E-state index is -0.867. The van der Waals surface area contributed by atoms with E-state index in [1.165, 1.54) is 6.42 Å². The van der Waals surface area contributed by atoms with Crippen LogP contribution in [-0.4, -0.2) is 41.4 Å². The number of nitrogens with one attached hydrogen (secondary N) is 2. The first-order valence-electron chi connectivity index (χ1n) is 7.00. The molecule has 102 valence electrons. The average molecular weight is 263 g/mol. The molecule has 0 aromatic carbocycles. The van der Waals surface area contributed by atoms with Gasteiger partial charge in [-0.25, -0.2) is 4.79 Å². The Morgan fingerprint density at radius 2 is 1.95 bits per heavy atom. The first kappa shape index (κ1) is 11.3. The molecule has 2 aliphatic heterocycles. The molecule has 0 radical (unpaired) electrons. The predicted octanol–water partition coefficient (Wildman–Crippen LogP) is -0.157. The SMILES string of the molecule is O=C1NC(=O)C2(CCN(C(=O)C3CC4CC4C3)C2)N1. The third-order valence-electron chi connectivity index (χ3n) is 5.19. The lowest BCUT2D eigenvalue weighted by Crippen LogP contribution is -2.50. The summed E-state index contributed by atoms with van der Waals surface area (Å²) in [6.45, 7) is 0.896. The first-order valence-corrected chi connectivity index (χ1v) is 7.00. The van der Waals surface area contributed by atoms with Gasteiger partial charge in [-0.05, 0) is 37.5 Å². The molecule has 0 bridgehead atoms. The minimum Gasteiger partial charge on any atom is -0.339 e. The Hall–Kier alpha value is -1.59. The number of carbonyl (C=O) groups is 3. The lowest BCUT2D eigenvalue weighted by molar-refractivity contribution is -0.135. The molecule has 0 aromatic rings. The number of carbonyl (C=O) groups excluding carboxylic acids is 3. The molecule has 0 aromatic heterocycles. The van der Waals surface area contributed by atoms with Crippen molar-refractivity contribution in [2.75, 3.05) is 13.1 Å². The van der Waals surface area contributed by atoms with Crippen molar-refractivity contribution in [3.8, 4) is 0 Å². The monoisotopic (exact) mass is 263 g/mol. The van der Waals surface area contributed by atoms with E-state index in [0.717, 1.165) is 24.7 Å². The van der Waals surface area contributed by atoms with Gasteiger partial charge in [-0.15, -0.1) is 0 Å². The van der Waals surface area contributed by atoms with Crippen LogP contribution in [0.3, 0.4) is 0 Å². The van der Waals surface area contributed by atoms with Crippen LogP contribution in [0.5, 0.6) is 0 Å². The van der Waals surface area contributed by atoms with Crippen LogP contribution in [-0.2, 0) is 9.59 Å². The molecule has 4 fully saturated rings. The van der Waals surface area contributed by atoms with Gasteiger partial charge >= 0.3 is 6.03 Å². The number of nitrogens with zero attached hydrogens (tertiary/aromatic N) is 1. The molecule has 2 saturated carbocycles. The Labute approximate surface area is 110 Å². The largest absolute Gasteiger partial charge is 0.339 e. The van der Waals surface area contributed by atoms with Gasteiger partial charge in [0.1, 0.15) is 5.54 Å². The van der Waals surface area contributed by atoms with Crippen LogP contribution in [0.15, 0.2) is 0 Å². The molecular weight excluding hydrogens is 246 g/mol. The molecule has 2 saturated heterocycles. The van der Waals surface area contributed by atoms with Crippen molar-refractivity contribution in [2.24, 2.45) is 17.8 Å². The number of likely N-dealkylation sites (tertiary alicyclic amines) is 1. The molecule has 4 aliphatic rings. The minimum absolute atomic E-state index is 0.152. The summed E-state index contributed by atoms with van der Waals surface area (Å²) in [5.74, 6) is 1.60. The zero-order chi connectivity index (χ0) is 13.2. The van der Waals surface area contributed by atoms with E-state index in [2.05, 4.69) is 10.6 Å². The lowest BCUT2D eigenvalue weighted by atomic mass is 9.99. The molecule has 2 heterocycles. The number of urea groups is 1. The van der Waals surface area contributed by atoms with E-state index >= 15 is 0 Å². The summed E-state index contributed by atoms with van der Waals surface area (Å²) in [4.78, 5) is 37.3. The van der Waals surface area contributed by atoms with Crippen molar-refractivity contribution >= 4 is 17.8 Å². The molecule has 19 heavy (non-hydrogen) atoms. The maximum atomic E-state index is 12.4. The first-order chi connectivity index (χ1) is 9.07. The summed E-state index contributed by atoms with van der Waals surface area (Å²) in [6, 6.07) is -0.443. The smallest absolute Gasteiger partial charge is 0.322 e. The molecule has 2 N–H and O–H groups in total. The third-order valence-corrected chi connectivity index (χ3v) is 5.19. The van der Waals surface area contributed by atoms with Crippen molar-refractivity contribution in [3.63, 3.8) is 0 Å². The van der Waals surface area contributed by atoms with Crippen LogP contribution in [0.1, 0.15) is 25.7 Å². The molecule has 3 atom stereocenters. The number of amides is 4. The maximum Gasteiger partial charge on any atom is 0.322 e. The highest BCUT2D eigenvalue weighted by molar-refractivity contribution is 6.07. The van der Waals surface area contributed by atoms with Crippen molar-refractivity contribution in [1.82, 2.24) is 15.5 Å². The van der Waals surface area contributed by atoms with Crippen LogP contribution < -0.4 is 10.6 Å². The summed E-state index contributed by atoms with van der Waals surface area (Å²) >= 11 is 0. The van der Waals surface area contributed by atoms with Gasteiger partial charge in [0.15, 0.2) is 0 Å². The summed E-state index contributed by atoms with van der Waals surface area (Å²) in [5, 5.41) is 4.94. The van der Waals surface area contributed by atoms with Gasteiger partial charge in [0, 0.05) is 12.5 Å². The molecule has 4 rings (SSSR count). The zero-order valence-electron chi connectivity index (χ0n) is 10.6. The van der Waals surface area contributed by atoms with Gasteiger partial charge in [0.2, 0.25) is 5.91 Å². The second-order valence-electron chi connectivity index (χ2n) is 6.42. The van der Waals surface area contributed by atoms with Crippen LogP contribution in [0.25, 0.3) is 0 Å². The van der Waals surface area contributed by atoms with Gasteiger partial charge < -0.3 is 10.2 Å². The highest BCUT2D eigenvalue weighted by atomic mass is 16.2. The van der Waals surface area contributed by atoms with Crippen LogP contribution in [0.2, 0.25) is 0 Å². The third kappa shape index (κ3) is 1.58. The second-order valence-corrected chi connectivity index (χ2v) is 6.42. The zero-order valence-corrected chi connectivity index (χ0v) is 10.6. The summed E-state index contributed by atoms with van der Waals surface area (Å²) in [5.41, 5.74) is -0.867. The fourth-order valence-corrected chi connectivity index (χ4v) is 3.99. The summed E-state index contributed by atoms with van der Waals surface area (Å²) in [6.07, 6.45) is 3.86. The van der Waals surface area contributed by atoms with Crippen LogP contribution in [0.4, 0.5) is 4.79 Å². The van der Waals surface area contributed by atoms with E-state index in [0.29, 0.717) is 19.5 Å². The number of fused-ring (bicyclic) bond motifs is 1. The molecule has 3 unspecified atom stereocenters. The van der Waals surface area contributed by atoms with Gasteiger partial charge in [-0.2, -0.15) is 0 Å². The number of imide groups is 1. The molecule has 6 heteroatoms. The van der Waals surface area contributed by atoms with Crippen LogP contribution in [0, 0.1) is 17.8 Å². The van der Waals surface area contributed by atoms with E-state index in [9.17, 15) is 14.4 Å². The van der Waals surface area contributed by atoms with Gasteiger partial charge in [-0.1, -0.05) is 0 Å². The standard InChI is InChI=1S/C13H17N3O3/c17-10(9-4-7-3-8(7)5-9)16-2-1-13(6-16)11(18)14-12(19)15-13/h7-9H,1-6H2,(H2,14,15,18,19). The number of hydrogen-bond donors (Lipinski definition) is 2. The van der Waals surface area contributed by atoms with Gasteiger partial charge in [-0.3, -0.25) is 14.9 Å². The molecule has 6 nitrogen and oxygen atoms in total. The highest BCUT2D eigenvalue weighted by Gasteiger charge is 2.54. The van der Waals surface area contributed by atoms with Crippen LogP contribution >= 0.6 is 0 Å². The van der Waals surface area contributed by atoms with Gasteiger partial charge in [0.05, 0.1) is 6.54 Å². The van der Waals surface area contributed by atoms with Gasteiger partial charge in [0.25, 0.3) is 5.91 Å². The highest BCUT2D eigenvalue weighted by Crippen LogP contribution is 2.54. The number of hydrogen-bond acceptors (Lipinski definition) is 3. The Bertz CT molecular complexity index is 482. The lowest BCUT2D eigenvalue weighted by Gasteiger charge is -2.23. The van der Waals surface area contributed by atoms with Crippen molar-refractivity contribution in [1.29, 1.82) is 0 Å². The van der Waals surface area contributed by atoms with E-state index in [1.807, 2.05) is 0 Å². The Kier molecular flexibility index (Phi) is 2.07. The fourth-order valence-electron chi connectivity index (χ4n) is 3.99. The normalized spacial score (nSPS) is 43.4.